The van der Waals surface area contributed by atoms with Crippen LogP contribution in [0.5, 0.6) is 0 Å². The van der Waals surface area contributed by atoms with Gasteiger partial charge in [0.25, 0.3) is 0 Å². The molecule has 0 aliphatic carbocycles. The highest BCUT2D eigenvalue weighted by molar-refractivity contribution is 5.82. The van der Waals surface area contributed by atoms with Crippen LogP contribution in [0.15, 0.2) is 35.3 Å². The molecule has 2 rings (SSSR count). The van der Waals surface area contributed by atoms with E-state index in [1.165, 1.54) is 19.3 Å². The van der Waals surface area contributed by atoms with Gasteiger partial charge in [-0.25, -0.2) is 10.8 Å². The van der Waals surface area contributed by atoms with Gasteiger partial charge in [0.2, 0.25) is 5.96 Å². The maximum atomic E-state index is 5.53. The van der Waals surface area contributed by atoms with Gasteiger partial charge in [0.1, 0.15) is 0 Å². The number of hydrazine groups is 1. The zero-order valence-electron chi connectivity index (χ0n) is 9.39. The highest BCUT2D eigenvalue weighted by atomic mass is 15.4. The van der Waals surface area contributed by atoms with Gasteiger partial charge in [-0.1, -0.05) is 18.2 Å². The third-order valence-corrected chi connectivity index (χ3v) is 2.78. The molecule has 0 aromatic heterocycles. The molecule has 0 saturated carbocycles. The van der Waals surface area contributed by atoms with Crippen LogP contribution in [-0.4, -0.2) is 23.9 Å². The first kappa shape index (κ1) is 11.0. The van der Waals surface area contributed by atoms with Gasteiger partial charge in [-0.2, -0.15) is 0 Å². The van der Waals surface area contributed by atoms with Crippen LogP contribution in [0.25, 0.3) is 0 Å². The molecule has 0 spiro atoms. The largest absolute Gasteiger partial charge is 0.342 e. The Morgan fingerprint density at radius 3 is 2.44 bits per heavy atom. The lowest BCUT2D eigenvalue weighted by Crippen LogP contribution is -2.46. The van der Waals surface area contributed by atoms with E-state index in [9.17, 15) is 0 Å². The fourth-order valence-electron chi connectivity index (χ4n) is 1.92. The Hall–Kier alpha value is -1.55. The van der Waals surface area contributed by atoms with Gasteiger partial charge in [-0.3, -0.25) is 5.43 Å². The van der Waals surface area contributed by atoms with E-state index in [-0.39, 0.29) is 0 Å². The fraction of sp³-hybridized carbons (Fsp3) is 0.417. The van der Waals surface area contributed by atoms with Gasteiger partial charge in [-0.15, -0.1) is 0 Å². The number of hydrogen-bond acceptors (Lipinski definition) is 2. The van der Waals surface area contributed by atoms with Crippen LogP contribution in [-0.2, 0) is 0 Å². The Balaban J connectivity index is 2.12. The zero-order valence-corrected chi connectivity index (χ0v) is 9.39. The average molecular weight is 218 g/mol. The van der Waals surface area contributed by atoms with E-state index in [1.54, 1.807) is 0 Å². The lowest BCUT2D eigenvalue weighted by molar-refractivity contribution is 0.332. The molecule has 0 amide bonds. The number of piperidine rings is 1. The molecule has 0 atom stereocenters. The third-order valence-electron chi connectivity index (χ3n) is 2.78. The molecule has 0 bridgehead atoms. The lowest BCUT2D eigenvalue weighted by atomic mass is 10.1. The van der Waals surface area contributed by atoms with Crippen LogP contribution in [0.4, 0.5) is 5.69 Å². The predicted octanol–water partition coefficient (Wildman–Crippen LogP) is 1.62. The van der Waals surface area contributed by atoms with Crippen molar-refractivity contribution < 1.29 is 0 Å². The average Bonchev–Trinajstić information content (AvgIpc) is 2.38. The van der Waals surface area contributed by atoms with Crippen LogP contribution in [0, 0.1) is 0 Å². The zero-order chi connectivity index (χ0) is 11.2. The Labute approximate surface area is 96.1 Å². The molecule has 0 unspecified atom stereocenters. The van der Waals surface area contributed by atoms with Crippen molar-refractivity contribution in [2.24, 2.45) is 10.8 Å². The van der Waals surface area contributed by atoms with E-state index in [4.69, 9.17) is 5.84 Å². The summed E-state index contributed by atoms with van der Waals surface area (Å²) in [6.45, 7) is 2.08. The minimum Gasteiger partial charge on any atom is -0.342 e. The molecule has 4 heteroatoms. The molecule has 1 aliphatic rings. The molecule has 3 N–H and O–H groups in total. The van der Waals surface area contributed by atoms with Crippen LogP contribution >= 0.6 is 0 Å². The van der Waals surface area contributed by atoms with E-state index in [1.807, 2.05) is 30.3 Å². The monoisotopic (exact) mass is 218 g/mol. The summed E-state index contributed by atoms with van der Waals surface area (Å²) in [7, 11) is 0. The number of likely N-dealkylation sites (tertiary alicyclic amines) is 1. The second-order valence-corrected chi connectivity index (χ2v) is 3.96. The molecule has 1 aliphatic heterocycles. The summed E-state index contributed by atoms with van der Waals surface area (Å²) in [5.74, 6) is 6.30. The lowest BCUT2D eigenvalue weighted by Gasteiger charge is -2.29. The highest BCUT2D eigenvalue weighted by Crippen LogP contribution is 2.13. The van der Waals surface area contributed by atoms with Crippen LogP contribution in [0.2, 0.25) is 0 Å². The number of guanidine groups is 1. The van der Waals surface area contributed by atoms with Gasteiger partial charge < -0.3 is 4.90 Å². The molecule has 1 aromatic carbocycles. The van der Waals surface area contributed by atoms with E-state index in [0.717, 1.165) is 24.7 Å². The number of hydrogen-bond donors (Lipinski definition) is 2. The Morgan fingerprint density at radius 2 is 1.81 bits per heavy atom. The topological polar surface area (TPSA) is 53.6 Å². The Bertz CT molecular complexity index is 341. The summed E-state index contributed by atoms with van der Waals surface area (Å²) >= 11 is 0. The molecule has 86 valence electrons. The molecule has 16 heavy (non-hydrogen) atoms. The van der Waals surface area contributed by atoms with Gasteiger partial charge in [0.15, 0.2) is 0 Å². The van der Waals surface area contributed by atoms with Crippen molar-refractivity contribution in [1.82, 2.24) is 10.3 Å². The van der Waals surface area contributed by atoms with Crippen molar-refractivity contribution in [2.45, 2.75) is 19.3 Å². The normalized spacial score (nSPS) is 17.3. The van der Waals surface area contributed by atoms with Gasteiger partial charge in [0.05, 0.1) is 5.69 Å². The molecule has 1 aromatic rings. The van der Waals surface area contributed by atoms with E-state index in [0.29, 0.717) is 0 Å². The van der Waals surface area contributed by atoms with Gasteiger partial charge in [-0.05, 0) is 31.4 Å². The summed E-state index contributed by atoms with van der Waals surface area (Å²) in [4.78, 5) is 6.71. The van der Waals surface area contributed by atoms with Gasteiger partial charge >= 0.3 is 0 Å². The predicted molar refractivity (Wildman–Crippen MR) is 66.3 cm³/mol. The summed E-state index contributed by atoms with van der Waals surface area (Å²) in [5.41, 5.74) is 3.63. The first-order valence-electron chi connectivity index (χ1n) is 5.75. The highest BCUT2D eigenvalue weighted by Gasteiger charge is 2.13. The Morgan fingerprint density at radius 1 is 1.12 bits per heavy atom. The Kier molecular flexibility index (Phi) is 3.77. The SMILES string of the molecule is NNC(=Nc1ccccc1)N1CCCCC1. The maximum Gasteiger partial charge on any atom is 0.213 e. The smallest absolute Gasteiger partial charge is 0.213 e. The van der Waals surface area contributed by atoms with Crippen molar-refractivity contribution in [2.75, 3.05) is 13.1 Å². The summed E-state index contributed by atoms with van der Waals surface area (Å²) in [6, 6.07) is 9.88. The number of nitrogens with zero attached hydrogens (tertiary/aromatic N) is 2. The van der Waals surface area contributed by atoms with E-state index in [2.05, 4.69) is 15.3 Å². The van der Waals surface area contributed by atoms with Crippen molar-refractivity contribution in [3.8, 4) is 0 Å². The summed E-state index contributed by atoms with van der Waals surface area (Å²) < 4.78 is 0. The maximum absolute atomic E-state index is 5.53. The second kappa shape index (κ2) is 5.51. The fourth-order valence-corrected chi connectivity index (χ4v) is 1.92. The molecule has 1 fully saturated rings. The quantitative estimate of drug-likeness (QED) is 0.326. The minimum atomic E-state index is 0.769. The van der Waals surface area contributed by atoms with Crippen LogP contribution in [0.3, 0.4) is 0 Å². The summed E-state index contributed by atoms with van der Waals surface area (Å²) in [6.07, 6.45) is 3.74. The first-order valence-corrected chi connectivity index (χ1v) is 5.75. The standard InChI is InChI=1S/C12H18N4/c13-15-12(16-9-5-2-6-10-16)14-11-7-3-1-4-8-11/h1,3-4,7-8H,2,5-6,9-10,13H2,(H,14,15). The van der Waals surface area contributed by atoms with Crippen molar-refractivity contribution in [3.63, 3.8) is 0 Å². The number of benzene rings is 1. The van der Waals surface area contributed by atoms with Crippen molar-refractivity contribution >= 4 is 11.6 Å². The number of para-hydroxylation sites is 1. The van der Waals surface area contributed by atoms with Crippen LogP contribution in [0.1, 0.15) is 19.3 Å². The summed E-state index contributed by atoms with van der Waals surface area (Å²) in [5, 5.41) is 0. The molecule has 0 radical (unpaired) electrons. The number of aliphatic imine (C=N–C) groups is 1. The molecule has 4 nitrogen and oxygen atoms in total. The molecular formula is C12H18N4. The van der Waals surface area contributed by atoms with E-state index < -0.39 is 0 Å². The van der Waals surface area contributed by atoms with Crippen molar-refractivity contribution in [1.29, 1.82) is 0 Å². The van der Waals surface area contributed by atoms with Crippen molar-refractivity contribution in [3.05, 3.63) is 30.3 Å². The minimum absolute atomic E-state index is 0.769. The number of nitrogens with one attached hydrogen (secondary N) is 1. The van der Waals surface area contributed by atoms with E-state index >= 15 is 0 Å². The molecule has 1 heterocycles. The van der Waals surface area contributed by atoms with Crippen LogP contribution < -0.4 is 11.3 Å². The third kappa shape index (κ3) is 2.73. The number of nitrogens with two attached hydrogens (primary N) is 1. The second-order valence-electron chi connectivity index (χ2n) is 3.96. The van der Waals surface area contributed by atoms with Gasteiger partial charge in [0, 0.05) is 13.1 Å². The first-order chi connectivity index (χ1) is 7.90. The molecular weight excluding hydrogens is 200 g/mol. The molecule has 1 saturated heterocycles. The number of rotatable bonds is 1.